The average molecular weight is 374 g/mol. The van der Waals surface area contributed by atoms with Crippen LogP contribution in [-0.4, -0.2) is 34.9 Å². The summed E-state index contributed by atoms with van der Waals surface area (Å²) in [4.78, 5) is 25.9. The minimum Gasteiger partial charge on any atom is -0.447 e. The zero-order valence-corrected chi connectivity index (χ0v) is 15.0. The van der Waals surface area contributed by atoms with Crippen LogP contribution >= 0.6 is 0 Å². The molecule has 5 rings (SSSR count). The number of nitrogens with one attached hydrogen (secondary N) is 1. The molecule has 2 amide bonds. The molecule has 3 heterocycles. The number of hydrogen-bond acceptors (Lipinski definition) is 4. The molecule has 2 aliphatic heterocycles. The molecule has 1 aromatic heterocycles. The molecule has 0 aliphatic carbocycles. The van der Waals surface area contributed by atoms with E-state index in [1.54, 1.807) is 11.1 Å². The van der Waals surface area contributed by atoms with Crippen molar-refractivity contribution in [1.29, 1.82) is 0 Å². The van der Waals surface area contributed by atoms with Gasteiger partial charge in [0.2, 0.25) is 5.91 Å². The third-order valence-electron chi connectivity index (χ3n) is 5.18. The highest BCUT2D eigenvalue weighted by atomic mass is 16.6. The number of nitrogens with zero attached hydrogens (tertiary/aromatic N) is 3. The number of rotatable bonds is 3. The number of benzene rings is 2. The first kappa shape index (κ1) is 16.6. The molecule has 1 atom stereocenters. The summed E-state index contributed by atoms with van der Waals surface area (Å²) in [6, 6.07) is 17.5. The first-order chi connectivity index (χ1) is 13.7. The van der Waals surface area contributed by atoms with Crippen molar-refractivity contribution in [2.75, 3.05) is 23.4 Å². The monoisotopic (exact) mass is 374 g/mol. The highest BCUT2D eigenvalue weighted by Gasteiger charge is 2.31. The first-order valence-corrected chi connectivity index (χ1v) is 9.18. The van der Waals surface area contributed by atoms with E-state index in [-0.39, 0.29) is 17.9 Å². The average Bonchev–Trinajstić information content (AvgIpc) is 3.36. The maximum Gasteiger partial charge on any atom is 0.414 e. The van der Waals surface area contributed by atoms with Crippen molar-refractivity contribution in [2.24, 2.45) is 0 Å². The Morgan fingerprint density at radius 3 is 2.68 bits per heavy atom. The number of amides is 2. The highest BCUT2D eigenvalue weighted by Crippen LogP contribution is 2.39. The third-order valence-corrected chi connectivity index (χ3v) is 5.18. The lowest BCUT2D eigenvalue weighted by Crippen LogP contribution is -2.27. The minimum atomic E-state index is -0.360. The number of fused-ring (bicyclic) bond motifs is 1. The van der Waals surface area contributed by atoms with E-state index in [1.807, 2.05) is 59.3 Å². The Balaban J connectivity index is 1.56. The summed E-state index contributed by atoms with van der Waals surface area (Å²) < 4.78 is 6.89. The molecule has 0 spiro atoms. The van der Waals surface area contributed by atoms with E-state index in [9.17, 15) is 9.59 Å². The topological polar surface area (TPSA) is 76.5 Å². The number of ether oxygens (including phenoxy) is 1. The lowest BCUT2D eigenvalue weighted by molar-refractivity contribution is -0.116. The van der Waals surface area contributed by atoms with Crippen LogP contribution in [0.1, 0.15) is 23.6 Å². The van der Waals surface area contributed by atoms with Crippen molar-refractivity contribution in [1.82, 2.24) is 9.78 Å². The predicted molar refractivity (Wildman–Crippen MR) is 104 cm³/mol. The summed E-state index contributed by atoms with van der Waals surface area (Å²) in [6.45, 7) is 0.886. The van der Waals surface area contributed by atoms with Gasteiger partial charge in [-0.25, -0.2) is 9.48 Å². The second kappa shape index (κ2) is 6.53. The molecule has 0 saturated carbocycles. The molecule has 0 bridgehead atoms. The quantitative estimate of drug-likeness (QED) is 0.763. The molecule has 7 nitrogen and oxygen atoms in total. The van der Waals surface area contributed by atoms with Crippen LogP contribution < -0.4 is 10.2 Å². The van der Waals surface area contributed by atoms with Gasteiger partial charge in [-0.3, -0.25) is 9.69 Å². The normalized spacial score (nSPS) is 18.6. The lowest BCUT2D eigenvalue weighted by Gasteiger charge is -2.27. The fourth-order valence-electron chi connectivity index (χ4n) is 3.88. The number of hydrogen-bond donors (Lipinski definition) is 1. The fraction of sp³-hybridized carbons (Fsp3) is 0.190. The number of carbonyl (C=O) groups excluding carboxylic acids is 2. The van der Waals surface area contributed by atoms with Crippen molar-refractivity contribution < 1.29 is 14.3 Å². The van der Waals surface area contributed by atoms with Crippen molar-refractivity contribution in [3.8, 4) is 5.69 Å². The Kier molecular flexibility index (Phi) is 3.86. The maximum atomic E-state index is 12.4. The molecule has 2 aliphatic rings. The Labute approximate surface area is 161 Å². The number of carbonyl (C=O) groups is 2. The van der Waals surface area contributed by atoms with Gasteiger partial charge in [-0.15, -0.1) is 0 Å². The molecule has 7 heteroatoms. The molecule has 3 aromatic rings. The van der Waals surface area contributed by atoms with E-state index in [2.05, 4.69) is 10.4 Å². The molecule has 1 N–H and O–H groups in total. The van der Waals surface area contributed by atoms with Gasteiger partial charge < -0.3 is 10.1 Å². The molecule has 0 unspecified atom stereocenters. The summed E-state index contributed by atoms with van der Waals surface area (Å²) >= 11 is 0. The van der Waals surface area contributed by atoms with E-state index in [0.717, 1.165) is 28.3 Å². The third kappa shape index (κ3) is 2.72. The van der Waals surface area contributed by atoms with Crippen LogP contribution in [-0.2, 0) is 9.53 Å². The maximum absolute atomic E-state index is 12.4. The van der Waals surface area contributed by atoms with Crippen molar-refractivity contribution in [3.63, 3.8) is 0 Å². The van der Waals surface area contributed by atoms with Crippen LogP contribution in [0, 0.1) is 0 Å². The summed E-state index contributed by atoms with van der Waals surface area (Å²) in [5.74, 6) is -0.175. The number of aromatic nitrogens is 2. The summed E-state index contributed by atoms with van der Waals surface area (Å²) in [5, 5.41) is 7.41. The van der Waals surface area contributed by atoms with E-state index in [4.69, 9.17) is 4.74 Å². The van der Waals surface area contributed by atoms with E-state index in [1.165, 1.54) is 0 Å². The molecule has 140 valence electrons. The standard InChI is InChI=1S/C21H18N4O3/c26-20-13-17(19-8-9-22-25(19)14-4-2-1-3-5-14)16-7-6-15(12-18(16)23-20)24-10-11-28-21(24)27/h1-9,12,17H,10-11,13H2,(H,23,26)/t17-/m1/s1. The number of para-hydroxylation sites is 1. The first-order valence-electron chi connectivity index (χ1n) is 9.18. The van der Waals surface area contributed by atoms with Crippen LogP contribution in [0.5, 0.6) is 0 Å². The largest absolute Gasteiger partial charge is 0.447 e. The Bertz CT molecular complexity index is 1060. The van der Waals surface area contributed by atoms with Gasteiger partial charge in [0.05, 0.1) is 17.9 Å². The molecular formula is C21H18N4O3. The predicted octanol–water partition coefficient (Wildman–Crippen LogP) is 3.30. The van der Waals surface area contributed by atoms with Crippen LogP contribution in [0.15, 0.2) is 60.8 Å². The van der Waals surface area contributed by atoms with Crippen LogP contribution in [0.2, 0.25) is 0 Å². The van der Waals surface area contributed by atoms with Gasteiger partial charge in [-0.05, 0) is 35.9 Å². The Hall–Kier alpha value is -3.61. The fourth-order valence-corrected chi connectivity index (χ4v) is 3.88. The molecule has 1 fully saturated rings. The van der Waals surface area contributed by atoms with Gasteiger partial charge in [0, 0.05) is 29.9 Å². The van der Waals surface area contributed by atoms with Gasteiger partial charge >= 0.3 is 6.09 Å². The number of cyclic esters (lactones) is 1. The highest BCUT2D eigenvalue weighted by molar-refractivity contribution is 5.97. The summed E-state index contributed by atoms with van der Waals surface area (Å²) in [7, 11) is 0. The minimum absolute atomic E-state index is 0.0561. The second-order valence-corrected chi connectivity index (χ2v) is 6.85. The van der Waals surface area contributed by atoms with Crippen LogP contribution in [0.3, 0.4) is 0 Å². The summed E-state index contributed by atoms with van der Waals surface area (Å²) in [6.07, 6.45) is 1.74. The van der Waals surface area contributed by atoms with Crippen LogP contribution in [0.25, 0.3) is 5.69 Å². The van der Waals surface area contributed by atoms with Gasteiger partial charge in [-0.1, -0.05) is 24.3 Å². The SMILES string of the molecule is O=C1C[C@@H](c2ccnn2-c2ccccc2)c2ccc(N3CCOC3=O)cc2N1. The summed E-state index contributed by atoms with van der Waals surface area (Å²) in [5.41, 5.74) is 4.36. The van der Waals surface area contributed by atoms with Crippen molar-refractivity contribution >= 4 is 23.4 Å². The van der Waals surface area contributed by atoms with E-state index < -0.39 is 0 Å². The van der Waals surface area contributed by atoms with Gasteiger partial charge in [0.25, 0.3) is 0 Å². The van der Waals surface area contributed by atoms with Gasteiger partial charge in [0.15, 0.2) is 0 Å². The second-order valence-electron chi connectivity index (χ2n) is 6.85. The number of anilines is 2. The van der Waals surface area contributed by atoms with E-state index in [0.29, 0.717) is 19.6 Å². The van der Waals surface area contributed by atoms with Gasteiger partial charge in [-0.2, -0.15) is 5.10 Å². The molecular weight excluding hydrogens is 356 g/mol. The van der Waals surface area contributed by atoms with Crippen molar-refractivity contribution in [3.05, 3.63) is 72.1 Å². The zero-order chi connectivity index (χ0) is 19.1. The lowest BCUT2D eigenvalue weighted by atomic mass is 9.87. The smallest absolute Gasteiger partial charge is 0.414 e. The Morgan fingerprint density at radius 2 is 1.89 bits per heavy atom. The van der Waals surface area contributed by atoms with E-state index >= 15 is 0 Å². The zero-order valence-electron chi connectivity index (χ0n) is 15.0. The molecule has 2 aromatic carbocycles. The molecule has 0 radical (unpaired) electrons. The van der Waals surface area contributed by atoms with Crippen LogP contribution in [0.4, 0.5) is 16.2 Å². The van der Waals surface area contributed by atoms with Gasteiger partial charge in [0.1, 0.15) is 6.61 Å². The molecule has 1 saturated heterocycles. The molecule has 28 heavy (non-hydrogen) atoms. The van der Waals surface area contributed by atoms with Crippen molar-refractivity contribution in [2.45, 2.75) is 12.3 Å². The Morgan fingerprint density at radius 1 is 1.04 bits per heavy atom.